The van der Waals surface area contributed by atoms with Crippen molar-refractivity contribution in [2.75, 3.05) is 7.05 Å². The predicted octanol–water partition coefficient (Wildman–Crippen LogP) is 4.15. The van der Waals surface area contributed by atoms with Gasteiger partial charge in [0.15, 0.2) is 0 Å². The molecule has 2 heteroatoms. The van der Waals surface area contributed by atoms with Gasteiger partial charge in [0.05, 0.1) is 0 Å². The molecule has 0 amide bonds. The van der Waals surface area contributed by atoms with Crippen LogP contribution >= 0.6 is 11.6 Å². The van der Waals surface area contributed by atoms with E-state index < -0.39 is 0 Å². The van der Waals surface area contributed by atoms with Crippen LogP contribution in [0.3, 0.4) is 0 Å². The maximum atomic E-state index is 6.33. The van der Waals surface area contributed by atoms with Crippen molar-refractivity contribution in [1.29, 1.82) is 0 Å². The van der Waals surface area contributed by atoms with Gasteiger partial charge in [0.1, 0.15) is 0 Å². The van der Waals surface area contributed by atoms with Crippen molar-refractivity contribution in [2.24, 2.45) is 0 Å². The molecule has 0 spiro atoms. The van der Waals surface area contributed by atoms with Crippen LogP contribution < -0.4 is 5.32 Å². The van der Waals surface area contributed by atoms with Crippen molar-refractivity contribution in [2.45, 2.75) is 19.4 Å². The molecule has 1 atom stereocenters. The molecule has 2 aromatic rings. The first kappa shape index (κ1) is 13.1. The summed E-state index contributed by atoms with van der Waals surface area (Å²) >= 11 is 6.33. The Kier molecular flexibility index (Phi) is 4.40. The quantitative estimate of drug-likeness (QED) is 0.870. The fraction of sp³-hybridized carbons (Fsp3) is 0.250. The van der Waals surface area contributed by atoms with Gasteiger partial charge in [-0.05, 0) is 43.1 Å². The number of hydrogen-bond acceptors (Lipinski definition) is 1. The highest BCUT2D eigenvalue weighted by Crippen LogP contribution is 2.26. The molecule has 0 aliphatic heterocycles. The summed E-state index contributed by atoms with van der Waals surface area (Å²) in [6.45, 7) is 2.06. The Morgan fingerprint density at radius 3 is 2.44 bits per heavy atom. The van der Waals surface area contributed by atoms with Crippen LogP contribution in [0.1, 0.15) is 22.7 Å². The fourth-order valence-electron chi connectivity index (χ4n) is 2.13. The zero-order valence-electron chi connectivity index (χ0n) is 10.8. The Morgan fingerprint density at radius 1 is 1.11 bits per heavy atom. The summed E-state index contributed by atoms with van der Waals surface area (Å²) in [5, 5.41) is 4.18. The molecule has 1 nitrogen and oxygen atoms in total. The molecular formula is C16H18ClN. The highest BCUT2D eigenvalue weighted by atomic mass is 35.5. The SMILES string of the molecule is CNC(Cc1ccccc1)c1ccc(C)cc1Cl. The van der Waals surface area contributed by atoms with Gasteiger partial charge >= 0.3 is 0 Å². The second-order valence-corrected chi connectivity index (χ2v) is 4.96. The molecule has 0 fully saturated rings. The van der Waals surface area contributed by atoms with Crippen LogP contribution in [0.15, 0.2) is 48.5 Å². The number of rotatable bonds is 4. The van der Waals surface area contributed by atoms with Crippen LogP contribution in [0.4, 0.5) is 0 Å². The zero-order chi connectivity index (χ0) is 13.0. The first-order valence-electron chi connectivity index (χ1n) is 6.18. The number of hydrogen-bond donors (Lipinski definition) is 1. The van der Waals surface area contributed by atoms with Gasteiger partial charge in [-0.15, -0.1) is 0 Å². The fourth-order valence-corrected chi connectivity index (χ4v) is 2.50. The van der Waals surface area contributed by atoms with Gasteiger partial charge in [0.25, 0.3) is 0 Å². The topological polar surface area (TPSA) is 12.0 Å². The van der Waals surface area contributed by atoms with E-state index >= 15 is 0 Å². The minimum absolute atomic E-state index is 0.250. The molecule has 0 radical (unpaired) electrons. The predicted molar refractivity (Wildman–Crippen MR) is 78.1 cm³/mol. The third-order valence-corrected chi connectivity index (χ3v) is 3.49. The minimum atomic E-state index is 0.250. The van der Waals surface area contributed by atoms with Crippen LogP contribution in [0.5, 0.6) is 0 Å². The first-order chi connectivity index (χ1) is 8.70. The molecule has 0 aliphatic rings. The molecular weight excluding hydrogens is 242 g/mol. The molecule has 0 saturated heterocycles. The minimum Gasteiger partial charge on any atom is -0.313 e. The molecule has 0 heterocycles. The van der Waals surface area contributed by atoms with E-state index in [2.05, 4.69) is 48.6 Å². The Bertz CT molecular complexity index is 508. The van der Waals surface area contributed by atoms with E-state index in [1.165, 1.54) is 11.1 Å². The van der Waals surface area contributed by atoms with E-state index in [1.807, 2.05) is 19.2 Å². The van der Waals surface area contributed by atoms with Crippen molar-refractivity contribution < 1.29 is 0 Å². The summed E-state index contributed by atoms with van der Waals surface area (Å²) in [5.74, 6) is 0. The average Bonchev–Trinajstić information content (AvgIpc) is 2.38. The van der Waals surface area contributed by atoms with Crippen LogP contribution in [0.2, 0.25) is 5.02 Å². The summed E-state index contributed by atoms with van der Waals surface area (Å²) in [5.41, 5.74) is 3.67. The lowest BCUT2D eigenvalue weighted by atomic mass is 9.98. The lowest BCUT2D eigenvalue weighted by Crippen LogP contribution is -2.19. The average molecular weight is 260 g/mol. The summed E-state index contributed by atoms with van der Waals surface area (Å²) < 4.78 is 0. The zero-order valence-corrected chi connectivity index (χ0v) is 11.5. The summed E-state index contributed by atoms with van der Waals surface area (Å²) in [6, 6.07) is 17.0. The number of halogens is 1. The number of aryl methyl sites for hydroxylation is 1. The molecule has 18 heavy (non-hydrogen) atoms. The highest BCUT2D eigenvalue weighted by Gasteiger charge is 2.13. The van der Waals surface area contributed by atoms with E-state index in [0.29, 0.717) is 0 Å². The van der Waals surface area contributed by atoms with Crippen LogP contribution in [0, 0.1) is 6.92 Å². The maximum Gasteiger partial charge on any atom is 0.0456 e. The van der Waals surface area contributed by atoms with Gasteiger partial charge in [-0.25, -0.2) is 0 Å². The third kappa shape index (κ3) is 3.12. The van der Waals surface area contributed by atoms with Gasteiger partial charge in [0, 0.05) is 11.1 Å². The third-order valence-electron chi connectivity index (χ3n) is 3.16. The van der Waals surface area contributed by atoms with Crippen LogP contribution in [0.25, 0.3) is 0 Å². The second-order valence-electron chi connectivity index (χ2n) is 4.56. The van der Waals surface area contributed by atoms with Gasteiger partial charge < -0.3 is 5.32 Å². The van der Waals surface area contributed by atoms with Crippen molar-refractivity contribution in [3.8, 4) is 0 Å². The Labute approximate surface area is 114 Å². The normalized spacial score (nSPS) is 12.4. The Hall–Kier alpha value is -1.31. The van der Waals surface area contributed by atoms with Gasteiger partial charge in [-0.1, -0.05) is 54.1 Å². The molecule has 0 saturated carbocycles. The Morgan fingerprint density at radius 2 is 1.83 bits per heavy atom. The summed E-state index contributed by atoms with van der Waals surface area (Å²) in [7, 11) is 1.98. The number of benzene rings is 2. The molecule has 1 N–H and O–H groups in total. The van der Waals surface area contributed by atoms with Crippen LogP contribution in [-0.4, -0.2) is 7.05 Å². The van der Waals surface area contributed by atoms with E-state index in [1.54, 1.807) is 0 Å². The summed E-state index contributed by atoms with van der Waals surface area (Å²) in [6.07, 6.45) is 0.945. The second kappa shape index (κ2) is 6.03. The standard InChI is InChI=1S/C16H18ClN/c1-12-8-9-14(15(17)10-12)16(18-2)11-13-6-4-3-5-7-13/h3-10,16,18H,11H2,1-2H3. The lowest BCUT2D eigenvalue weighted by molar-refractivity contribution is 0.592. The van der Waals surface area contributed by atoms with E-state index in [4.69, 9.17) is 11.6 Å². The smallest absolute Gasteiger partial charge is 0.0456 e. The van der Waals surface area contributed by atoms with Gasteiger partial charge in [-0.3, -0.25) is 0 Å². The first-order valence-corrected chi connectivity index (χ1v) is 6.55. The van der Waals surface area contributed by atoms with Crippen molar-refractivity contribution >= 4 is 11.6 Å². The lowest BCUT2D eigenvalue weighted by Gasteiger charge is -2.18. The van der Waals surface area contributed by atoms with E-state index in [9.17, 15) is 0 Å². The Balaban J connectivity index is 2.23. The highest BCUT2D eigenvalue weighted by molar-refractivity contribution is 6.31. The molecule has 2 rings (SSSR count). The molecule has 2 aromatic carbocycles. The van der Waals surface area contributed by atoms with Crippen molar-refractivity contribution in [3.05, 3.63) is 70.2 Å². The number of nitrogens with one attached hydrogen (secondary N) is 1. The van der Waals surface area contributed by atoms with Crippen LogP contribution in [-0.2, 0) is 6.42 Å². The van der Waals surface area contributed by atoms with Crippen molar-refractivity contribution in [3.63, 3.8) is 0 Å². The molecule has 0 bridgehead atoms. The molecule has 0 aromatic heterocycles. The molecule has 0 aliphatic carbocycles. The molecule has 1 unspecified atom stereocenters. The molecule has 94 valence electrons. The maximum absolute atomic E-state index is 6.33. The van der Waals surface area contributed by atoms with E-state index in [0.717, 1.165) is 17.0 Å². The van der Waals surface area contributed by atoms with Gasteiger partial charge in [0.2, 0.25) is 0 Å². The number of likely N-dealkylation sites (N-methyl/N-ethyl adjacent to an activating group) is 1. The van der Waals surface area contributed by atoms with Crippen molar-refractivity contribution in [1.82, 2.24) is 5.32 Å². The van der Waals surface area contributed by atoms with E-state index in [-0.39, 0.29) is 6.04 Å². The van der Waals surface area contributed by atoms with Gasteiger partial charge in [-0.2, -0.15) is 0 Å². The largest absolute Gasteiger partial charge is 0.313 e. The summed E-state index contributed by atoms with van der Waals surface area (Å²) in [4.78, 5) is 0. The monoisotopic (exact) mass is 259 g/mol.